The first-order valence-electron chi connectivity index (χ1n) is 7.06. The maximum atomic E-state index is 12.6. The minimum atomic E-state index is -0.654. The second-order valence-electron chi connectivity index (χ2n) is 5.31. The lowest BCUT2D eigenvalue weighted by molar-refractivity contribution is 0.0516. The molecule has 1 aromatic heterocycles. The van der Waals surface area contributed by atoms with Crippen LogP contribution in [0.1, 0.15) is 46.5 Å². The van der Waals surface area contributed by atoms with Crippen molar-refractivity contribution in [2.45, 2.75) is 26.3 Å². The number of benzene rings is 1. The molecule has 0 radical (unpaired) electrons. The van der Waals surface area contributed by atoms with Crippen molar-refractivity contribution in [3.63, 3.8) is 0 Å². The Morgan fingerprint density at radius 2 is 1.96 bits per heavy atom. The summed E-state index contributed by atoms with van der Waals surface area (Å²) in [5.41, 5.74) is 0.283. The first-order chi connectivity index (χ1) is 10.8. The van der Waals surface area contributed by atoms with Crippen LogP contribution in [0.2, 0.25) is 4.47 Å². The van der Waals surface area contributed by atoms with Gasteiger partial charge in [-0.3, -0.25) is 4.79 Å². The van der Waals surface area contributed by atoms with Gasteiger partial charge in [-0.1, -0.05) is 53.3 Å². The number of halogens is 1. The summed E-state index contributed by atoms with van der Waals surface area (Å²) in [5.74, 6) is -1.07. The standard InChI is InChI=1S/C16H17ClN2O3S/c1-4-22-14(21)11-12(23-15(17)18-11)13(20)19-16(2,3)10-8-6-5-7-9-10/h5-9H,4H2,1-3H3,(H,19,20). The molecule has 23 heavy (non-hydrogen) atoms. The number of nitrogens with one attached hydrogen (secondary N) is 1. The predicted octanol–water partition coefficient (Wildman–Crippen LogP) is 3.64. The van der Waals surface area contributed by atoms with Crippen molar-refractivity contribution >= 4 is 34.8 Å². The number of nitrogens with zero attached hydrogens (tertiary/aromatic N) is 1. The Hall–Kier alpha value is -1.92. The van der Waals surface area contributed by atoms with Crippen LogP contribution in [0, 0.1) is 0 Å². The lowest BCUT2D eigenvalue weighted by Crippen LogP contribution is -2.41. The number of ether oxygens (including phenoxy) is 1. The molecule has 0 spiro atoms. The third-order valence-corrected chi connectivity index (χ3v) is 4.36. The summed E-state index contributed by atoms with van der Waals surface area (Å²) < 4.78 is 5.03. The summed E-state index contributed by atoms with van der Waals surface area (Å²) in [6.07, 6.45) is 0. The van der Waals surface area contributed by atoms with Crippen LogP contribution in [0.4, 0.5) is 0 Å². The van der Waals surface area contributed by atoms with Crippen LogP contribution in [-0.4, -0.2) is 23.5 Å². The van der Waals surface area contributed by atoms with Crippen LogP contribution < -0.4 is 5.32 Å². The smallest absolute Gasteiger partial charge is 0.358 e. The van der Waals surface area contributed by atoms with E-state index in [1.165, 1.54) is 0 Å². The Bertz CT molecular complexity index is 713. The van der Waals surface area contributed by atoms with Gasteiger partial charge < -0.3 is 10.1 Å². The van der Waals surface area contributed by atoms with E-state index in [1.807, 2.05) is 44.2 Å². The van der Waals surface area contributed by atoms with Crippen molar-refractivity contribution < 1.29 is 14.3 Å². The van der Waals surface area contributed by atoms with Gasteiger partial charge in [0, 0.05) is 0 Å². The maximum absolute atomic E-state index is 12.6. The molecule has 0 unspecified atom stereocenters. The van der Waals surface area contributed by atoms with Crippen molar-refractivity contribution in [2.75, 3.05) is 6.61 Å². The van der Waals surface area contributed by atoms with Crippen LogP contribution in [0.5, 0.6) is 0 Å². The molecular weight excluding hydrogens is 336 g/mol. The summed E-state index contributed by atoms with van der Waals surface area (Å²) in [6.45, 7) is 5.65. The highest BCUT2D eigenvalue weighted by Gasteiger charge is 2.29. The molecule has 0 saturated heterocycles. The number of amides is 1. The largest absolute Gasteiger partial charge is 0.461 e. The summed E-state index contributed by atoms with van der Waals surface area (Å²) >= 11 is 6.82. The third-order valence-electron chi connectivity index (χ3n) is 3.20. The van der Waals surface area contributed by atoms with Gasteiger partial charge in [-0.2, -0.15) is 0 Å². The monoisotopic (exact) mass is 352 g/mol. The van der Waals surface area contributed by atoms with Crippen molar-refractivity contribution in [2.24, 2.45) is 0 Å². The lowest BCUT2D eigenvalue weighted by Gasteiger charge is -2.26. The van der Waals surface area contributed by atoms with Crippen molar-refractivity contribution in [1.29, 1.82) is 0 Å². The SMILES string of the molecule is CCOC(=O)c1nc(Cl)sc1C(=O)NC(C)(C)c1ccccc1. The van der Waals surface area contributed by atoms with E-state index >= 15 is 0 Å². The fourth-order valence-electron chi connectivity index (χ4n) is 2.05. The van der Waals surface area contributed by atoms with Crippen molar-refractivity contribution in [3.8, 4) is 0 Å². The number of hydrogen-bond acceptors (Lipinski definition) is 5. The van der Waals surface area contributed by atoms with Gasteiger partial charge in [0.05, 0.1) is 12.1 Å². The summed E-state index contributed by atoms with van der Waals surface area (Å²) in [4.78, 5) is 28.5. The fourth-order valence-corrected chi connectivity index (χ4v) is 3.04. The van der Waals surface area contributed by atoms with E-state index in [0.29, 0.717) is 0 Å². The van der Waals surface area contributed by atoms with E-state index in [0.717, 1.165) is 16.9 Å². The van der Waals surface area contributed by atoms with E-state index in [2.05, 4.69) is 10.3 Å². The number of thiazole rings is 1. The molecular formula is C16H17ClN2O3S. The molecule has 0 bridgehead atoms. The molecule has 1 N–H and O–H groups in total. The van der Waals surface area contributed by atoms with Crippen LogP contribution in [0.3, 0.4) is 0 Å². The molecule has 0 atom stereocenters. The molecule has 1 amide bonds. The highest BCUT2D eigenvalue weighted by molar-refractivity contribution is 7.17. The second-order valence-corrected chi connectivity index (χ2v) is 6.89. The van der Waals surface area contributed by atoms with Gasteiger partial charge in [-0.15, -0.1) is 0 Å². The fraction of sp³-hybridized carbons (Fsp3) is 0.312. The molecule has 2 rings (SSSR count). The molecule has 1 heterocycles. The minimum absolute atomic E-state index is 0.0526. The topological polar surface area (TPSA) is 68.3 Å². The van der Waals surface area contributed by atoms with Crippen LogP contribution in [-0.2, 0) is 10.3 Å². The number of aromatic nitrogens is 1. The first-order valence-corrected chi connectivity index (χ1v) is 8.26. The second kappa shape index (κ2) is 7.10. The predicted molar refractivity (Wildman–Crippen MR) is 90.0 cm³/mol. The molecule has 122 valence electrons. The number of carbonyl (C=O) groups is 2. The molecule has 2 aromatic rings. The minimum Gasteiger partial charge on any atom is -0.461 e. The van der Waals surface area contributed by atoms with E-state index in [-0.39, 0.29) is 21.6 Å². The summed E-state index contributed by atoms with van der Waals surface area (Å²) in [5, 5.41) is 2.90. The zero-order valence-electron chi connectivity index (χ0n) is 13.1. The molecule has 0 aliphatic heterocycles. The Morgan fingerprint density at radius 1 is 1.30 bits per heavy atom. The average molecular weight is 353 g/mol. The van der Waals surface area contributed by atoms with Crippen LogP contribution in [0.15, 0.2) is 30.3 Å². The third kappa shape index (κ3) is 4.09. The van der Waals surface area contributed by atoms with Gasteiger partial charge in [0.1, 0.15) is 4.88 Å². The first kappa shape index (κ1) is 17.4. The van der Waals surface area contributed by atoms with Gasteiger partial charge in [-0.05, 0) is 26.3 Å². The van der Waals surface area contributed by atoms with Crippen LogP contribution in [0.25, 0.3) is 0 Å². The Balaban J connectivity index is 2.26. The van der Waals surface area contributed by atoms with Gasteiger partial charge in [-0.25, -0.2) is 9.78 Å². The van der Waals surface area contributed by atoms with E-state index in [4.69, 9.17) is 16.3 Å². The Kier molecular flexibility index (Phi) is 5.38. The van der Waals surface area contributed by atoms with Crippen LogP contribution >= 0.6 is 22.9 Å². The molecule has 5 nitrogen and oxygen atoms in total. The highest BCUT2D eigenvalue weighted by atomic mass is 35.5. The van der Waals surface area contributed by atoms with Gasteiger partial charge in [0.25, 0.3) is 5.91 Å². The highest BCUT2D eigenvalue weighted by Crippen LogP contribution is 2.26. The molecule has 0 aliphatic carbocycles. The van der Waals surface area contributed by atoms with Crippen molar-refractivity contribution in [3.05, 3.63) is 50.9 Å². The Morgan fingerprint density at radius 3 is 2.57 bits per heavy atom. The number of hydrogen-bond donors (Lipinski definition) is 1. The molecule has 0 saturated carbocycles. The average Bonchev–Trinajstić information content (AvgIpc) is 2.90. The molecule has 7 heteroatoms. The zero-order valence-corrected chi connectivity index (χ0v) is 14.6. The molecule has 0 aliphatic rings. The Labute approximate surface area is 143 Å². The van der Waals surface area contributed by atoms with Gasteiger partial charge >= 0.3 is 5.97 Å². The molecule has 1 aromatic carbocycles. The van der Waals surface area contributed by atoms with E-state index in [9.17, 15) is 9.59 Å². The van der Waals surface area contributed by atoms with E-state index in [1.54, 1.807) is 6.92 Å². The van der Waals surface area contributed by atoms with Gasteiger partial charge in [0.15, 0.2) is 10.2 Å². The number of carbonyl (C=O) groups excluding carboxylic acids is 2. The maximum Gasteiger partial charge on any atom is 0.358 e. The lowest BCUT2D eigenvalue weighted by atomic mass is 9.94. The number of rotatable bonds is 5. The molecule has 0 fully saturated rings. The van der Waals surface area contributed by atoms with Gasteiger partial charge in [0.2, 0.25) is 0 Å². The zero-order chi connectivity index (χ0) is 17.0. The van der Waals surface area contributed by atoms with Crippen molar-refractivity contribution in [1.82, 2.24) is 10.3 Å². The summed E-state index contributed by atoms with van der Waals surface area (Å²) in [6, 6.07) is 9.55. The number of esters is 1. The summed E-state index contributed by atoms with van der Waals surface area (Å²) in [7, 11) is 0. The quantitative estimate of drug-likeness (QED) is 0.834. The normalized spacial score (nSPS) is 11.1. The van der Waals surface area contributed by atoms with E-state index < -0.39 is 17.4 Å².